The Bertz CT molecular complexity index is 168. The molecule has 2 fully saturated rings. The van der Waals surface area contributed by atoms with Crippen LogP contribution < -0.4 is 11.5 Å². The van der Waals surface area contributed by atoms with Crippen molar-refractivity contribution in [3.8, 4) is 0 Å². The summed E-state index contributed by atoms with van der Waals surface area (Å²) in [5.41, 5.74) is 11.8. The van der Waals surface area contributed by atoms with E-state index in [4.69, 9.17) is 30.3 Å². The normalized spacial score (nSPS) is 40.6. The molecule has 2 aliphatic rings. The van der Waals surface area contributed by atoms with Crippen LogP contribution in [0.25, 0.3) is 0 Å². The Morgan fingerprint density at radius 3 is 2.00 bits per heavy atom. The van der Waals surface area contributed by atoms with E-state index in [2.05, 4.69) is 0 Å². The minimum absolute atomic E-state index is 0.00405. The zero-order chi connectivity index (χ0) is 10.6. The summed E-state index contributed by atoms with van der Waals surface area (Å²) in [7, 11) is 9.75. The van der Waals surface area contributed by atoms with Crippen molar-refractivity contribution in [2.75, 3.05) is 6.54 Å². The van der Waals surface area contributed by atoms with Crippen LogP contribution in [0.1, 0.15) is 32.1 Å². The van der Waals surface area contributed by atoms with Crippen molar-refractivity contribution in [1.82, 2.24) is 0 Å². The number of nitrogens with two attached hydrogens (primary N) is 2. The van der Waals surface area contributed by atoms with E-state index in [-0.39, 0.29) is 5.54 Å². The van der Waals surface area contributed by atoms with Crippen molar-refractivity contribution in [3.05, 3.63) is 0 Å². The van der Waals surface area contributed by atoms with Gasteiger partial charge in [-0.05, 0) is 31.1 Å². The first-order chi connectivity index (χ1) is 6.63. The van der Waals surface area contributed by atoms with Gasteiger partial charge in [0.1, 0.15) is 0 Å². The molecule has 2 saturated carbocycles. The third kappa shape index (κ3) is 3.64. The van der Waals surface area contributed by atoms with Gasteiger partial charge in [-0.3, -0.25) is 0 Å². The summed E-state index contributed by atoms with van der Waals surface area (Å²) >= 11 is -0.472. The SMILES string of the molecule is NCC1(N)C[C@@H]2CC[C@@H](C2)C1.[Cl][Pt][Cl]. The van der Waals surface area contributed by atoms with Gasteiger partial charge in [-0.2, -0.15) is 0 Å². The molecule has 0 heterocycles. The van der Waals surface area contributed by atoms with Gasteiger partial charge >= 0.3 is 35.3 Å². The molecular formula is C9H18Cl2N2Pt. The third-order valence-corrected chi connectivity index (χ3v) is 3.45. The van der Waals surface area contributed by atoms with E-state index in [9.17, 15) is 0 Å². The second kappa shape index (κ2) is 6.05. The van der Waals surface area contributed by atoms with Gasteiger partial charge in [-0.1, -0.05) is 12.8 Å². The van der Waals surface area contributed by atoms with Crippen LogP contribution in [0.4, 0.5) is 0 Å². The van der Waals surface area contributed by atoms with Crippen molar-refractivity contribution in [3.63, 3.8) is 0 Å². The van der Waals surface area contributed by atoms with Crippen LogP contribution in [-0.2, 0) is 16.5 Å². The Balaban J connectivity index is 0.000000293. The number of hydrogen-bond donors (Lipinski definition) is 2. The molecule has 1 unspecified atom stereocenters. The predicted octanol–water partition coefficient (Wildman–Crippen LogP) is 2.23. The van der Waals surface area contributed by atoms with E-state index in [1.165, 1.54) is 32.1 Å². The molecule has 2 nitrogen and oxygen atoms in total. The van der Waals surface area contributed by atoms with Crippen LogP contribution in [-0.4, -0.2) is 12.1 Å². The molecule has 0 spiro atoms. The maximum absolute atomic E-state index is 6.15. The fraction of sp³-hybridized carbons (Fsp3) is 1.00. The van der Waals surface area contributed by atoms with Crippen molar-refractivity contribution >= 4 is 18.8 Å². The summed E-state index contributed by atoms with van der Waals surface area (Å²) in [5, 5.41) is 0. The van der Waals surface area contributed by atoms with Crippen LogP contribution in [0.3, 0.4) is 0 Å². The summed E-state index contributed by atoms with van der Waals surface area (Å²) in [6, 6.07) is 0. The number of rotatable bonds is 1. The van der Waals surface area contributed by atoms with Crippen LogP contribution >= 0.6 is 18.8 Å². The van der Waals surface area contributed by atoms with Crippen molar-refractivity contribution < 1.29 is 16.5 Å². The van der Waals surface area contributed by atoms with E-state index < -0.39 is 16.5 Å². The van der Waals surface area contributed by atoms with Crippen molar-refractivity contribution in [1.29, 1.82) is 0 Å². The molecule has 0 amide bonds. The van der Waals surface area contributed by atoms with Crippen LogP contribution in [0.5, 0.6) is 0 Å². The second-order valence-electron chi connectivity index (χ2n) is 4.57. The molecule has 4 N–H and O–H groups in total. The zero-order valence-electron chi connectivity index (χ0n) is 8.12. The molecular weight excluding hydrogens is 402 g/mol. The van der Waals surface area contributed by atoms with Gasteiger partial charge in [-0.25, -0.2) is 0 Å². The van der Waals surface area contributed by atoms with Gasteiger partial charge in [0.2, 0.25) is 0 Å². The Kier molecular flexibility index (Phi) is 5.73. The molecule has 0 radical (unpaired) electrons. The van der Waals surface area contributed by atoms with E-state index >= 15 is 0 Å². The quantitative estimate of drug-likeness (QED) is 0.684. The molecule has 0 aliphatic heterocycles. The topological polar surface area (TPSA) is 52.0 Å². The monoisotopic (exact) mass is 419 g/mol. The number of halogens is 2. The van der Waals surface area contributed by atoms with Crippen LogP contribution in [0.15, 0.2) is 0 Å². The zero-order valence-corrected chi connectivity index (χ0v) is 11.9. The fourth-order valence-electron chi connectivity index (χ4n) is 2.95. The van der Waals surface area contributed by atoms with Gasteiger partial charge in [-0.15, -0.1) is 0 Å². The number of fused-ring (bicyclic) bond motifs is 2. The molecule has 88 valence electrons. The van der Waals surface area contributed by atoms with Crippen LogP contribution in [0, 0.1) is 11.8 Å². The van der Waals surface area contributed by atoms with Gasteiger partial charge < -0.3 is 11.5 Å². The van der Waals surface area contributed by atoms with Gasteiger partial charge in [0.05, 0.1) is 0 Å². The summed E-state index contributed by atoms with van der Waals surface area (Å²) < 4.78 is 0. The molecule has 0 saturated heterocycles. The first-order valence-corrected chi connectivity index (χ1v) is 10.6. The van der Waals surface area contributed by atoms with E-state index in [1.807, 2.05) is 0 Å². The van der Waals surface area contributed by atoms with E-state index in [1.54, 1.807) is 0 Å². The first-order valence-electron chi connectivity index (χ1n) is 4.95. The third-order valence-electron chi connectivity index (χ3n) is 3.45. The Hall–Kier alpha value is 1.19. The van der Waals surface area contributed by atoms with E-state index in [0.29, 0.717) is 6.54 Å². The van der Waals surface area contributed by atoms with Gasteiger partial charge in [0.15, 0.2) is 0 Å². The average molecular weight is 420 g/mol. The molecule has 14 heavy (non-hydrogen) atoms. The minimum atomic E-state index is -0.472. The first kappa shape index (κ1) is 13.3. The maximum atomic E-state index is 6.15. The summed E-state index contributed by atoms with van der Waals surface area (Å²) in [4.78, 5) is 0. The fourth-order valence-corrected chi connectivity index (χ4v) is 2.95. The molecule has 0 aromatic rings. The molecule has 5 heteroatoms. The molecule has 0 aromatic carbocycles. The van der Waals surface area contributed by atoms with Gasteiger partial charge in [0, 0.05) is 12.1 Å². The standard InChI is InChI=1S/C9H18N2.2ClH.Pt/c10-6-9(11)4-7-1-2-8(3-7)5-9;;;/h7-8H,1-6,10-11H2;2*1H;/q;;;+2/p-2/t7-,8+,9?;;;. The predicted molar refractivity (Wildman–Crippen MR) is 57.7 cm³/mol. The molecule has 2 bridgehead atoms. The summed E-state index contributed by atoms with van der Waals surface area (Å²) in [5.74, 6) is 1.81. The Labute approximate surface area is 102 Å². The van der Waals surface area contributed by atoms with Crippen molar-refractivity contribution in [2.45, 2.75) is 37.6 Å². The molecule has 0 aromatic heterocycles. The second-order valence-corrected chi connectivity index (χ2v) is 7.85. The molecule has 2 aliphatic carbocycles. The summed E-state index contributed by atoms with van der Waals surface area (Å²) in [6.07, 6.45) is 6.60. The Morgan fingerprint density at radius 1 is 1.21 bits per heavy atom. The Morgan fingerprint density at radius 2 is 1.64 bits per heavy atom. The molecule has 3 atom stereocenters. The van der Waals surface area contributed by atoms with Gasteiger partial charge in [0.25, 0.3) is 0 Å². The molecule has 2 rings (SSSR count). The van der Waals surface area contributed by atoms with Crippen LogP contribution in [0.2, 0.25) is 0 Å². The number of hydrogen-bond acceptors (Lipinski definition) is 2. The summed E-state index contributed by atoms with van der Waals surface area (Å²) in [6.45, 7) is 0.681. The average Bonchev–Trinajstić information content (AvgIpc) is 2.48. The van der Waals surface area contributed by atoms with Crippen molar-refractivity contribution in [2.24, 2.45) is 23.3 Å². The van der Waals surface area contributed by atoms with E-state index in [0.717, 1.165) is 11.8 Å².